The topological polar surface area (TPSA) is 130 Å². The number of rotatable bonds is 4. The summed E-state index contributed by atoms with van der Waals surface area (Å²) in [5, 5.41) is 15.2. The molecule has 0 saturated carbocycles. The summed E-state index contributed by atoms with van der Waals surface area (Å²) in [5.74, 6) is -0.931. The van der Waals surface area contributed by atoms with Crippen molar-refractivity contribution in [2.45, 2.75) is 39.1 Å². The molecule has 3 amide bonds. The van der Waals surface area contributed by atoms with Gasteiger partial charge >= 0.3 is 11.8 Å². The Labute approximate surface area is 149 Å². The molecule has 10 nitrogen and oxygen atoms in total. The van der Waals surface area contributed by atoms with Crippen LogP contribution in [0.2, 0.25) is 0 Å². The summed E-state index contributed by atoms with van der Waals surface area (Å²) in [6.07, 6.45) is 1.23. The van der Waals surface area contributed by atoms with Crippen LogP contribution >= 0.6 is 0 Å². The van der Waals surface area contributed by atoms with Gasteiger partial charge in [0.25, 0.3) is 0 Å². The highest BCUT2D eigenvalue weighted by molar-refractivity contribution is 6.39. The molecule has 4 N–H and O–H groups in total. The molecule has 0 bridgehead atoms. The van der Waals surface area contributed by atoms with Crippen LogP contribution < -0.4 is 21.3 Å². The first-order valence-corrected chi connectivity index (χ1v) is 8.15. The van der Waals surface area contributed by atoms with Crippen LogP contribution in [0.3, 0.4) is 0 Å². The van der Waals surface area contributed by atoms with E-state index in [0.29, 0.717) is 23.7 Å². The van der Waals surface area contributed by atoms with Crippen molar-refractivity contribution in [3.05, 3.63) is 35.9 Å². The lowest BCUT2D eigenvalue weighted by atomic mass is 10.2. The molecule has 0 aromatic carbocycles. The van der Waals surface area contributed by atoms with Crippen LogP contribution in [-0.2, 0) is 20.9 Å². The number of nitrogens with zero attached hydrogens (tertiary/aromatic N) is 2. The molecule has 0 spiro atoms. The second-order valence-electron chi connectivity index (χ2n) is 6.07. The third-order valence-corrected chi connectivity index (χ3v) is 3.79. The fourth-order valence-electron chi connectivity index (χ4n) is 2.63. The molecule has 3 rings (SSSR count). The van der Waals surface area contributed by atoms with Crippen molar-refractivity contribution < 1.29 is 18.8 Å². The molecule has 2 atom stereocenters. The highest BCUT2D eigenvalue weighted by Gasteiger charge is 2.27. The Balaban J connectivity index is 1.66. The van der Waals surface area contributed by atoms with E-state index in [1.54, 1.807) is 25.1 Å². The zero-order chi connectivity index (χ0) is 18.7. The van der Waals surface area contributed by atoms with Crippen LogP contribution in [0.1, 0.15) is 31.1 Å². The number of anilines is 1. The van der Waals surface area contributed by atoms with Crippen molar-refractivity contribution in [2.24, 2.45) is 0 Å². The van der Waals surface area contributed by atoms with Crippen molar-refractivity contribution in [1.29, 1.82) is 0 Å². The first kappa shape index (κ1) is 17.7. The van der Waals surface area contributed by atoms with Crippen LogP contribution in [0.4, 0.5) is 5.82 Å². The van der Waals surface area contributed by atoms with Gasteiger partial charge in [-0.1, -0.05) is 0 Å². The number of amides is 3. The van der Waals surface area contributed by atoms with Gasteiger partial charge in [-0.05, 0) is 26.0 Å². The average Bonchev–Trinajstić information content (AvgIpc) is 3.21. The van der Waals surface area contributed by atoms with E-state index in [-0.39, 0.29) is 18.5 Å². The second kappa shape index (κ2) is 7.40. The Morgan fingerprint density at radius 2 is 2.23 bits per heavy atom. The van der Waals surface area contributed by atoms with E-state index in [1.165, 1.54) is 10.9 Å². The highest BCUT2D eigenvalue weighted by Crippen LogP contribution is 2.17. The first-order chi connectivity index (χ1) is 12.4. The predicted molar refractivity (Wildman–Crippen MR) is 90.5 cm³/mol. The van der Waals surface area contributed by atoms with Crippen LogP contribution in [0.5, 0.6) is 0 Å². The van der Waals surface area contributed by atoms with E-state index in [1.807, 2.05) is 6.92 Å². The number of hydrogen-bond donors (Lipinski definition) is 4. The molecular weight excluding hydrogens is 340 g/mol. The molecule has 0 radical (unpaired) electrons. The monoisotopic (exact) mass is 360 g/mol. The summed E-state index contributed by atoms with van der Waals surface area (Å²) < 4.78 is 6.53. The molecule has 2 unspecified atom stereocenters. The molecule has 1 aliphatic rings. The van der Waals surface area contributed by atoms with E-state index in [0.717, 1.165) is 0 Å². The lowest BCUT2D eigenvalue weighted by Gasteiger charge is -2.30. The van der Waals surface area contributed by atoms with E-state index < -0.39 is 18.1 Å². The maximum atomic E-state index is 12.1. The summed E-state index contributed by atoms with van der Waals surface area (Å²) in [7, 11) is 0. The molecule has 1 aliphatic heterocycles. The standard InChI is InChI=1S/C16H20N6O4/c1-9-7-13(23)20-16(18-9)22-12(6-10(2)21-22)19-15(25)14(24)17-8-11-4-3-5-26-11/h3-6,9,16,18H,7-8H2,1-2H3,(H,17,24)(H,19,25)(H,20,23). The first-order valence-electron chi connectivity index (χ1n) is 8.15. The van der Waals surface area contributed by atoms with Gasteiger partial charge in [-0.15, -0.1) is 0 Å². The second-order valence-corrected chi connectivity index (χ2v) is 6.07. The van der Waals surface area contributed by atoms with E-state index in [4.69, 9.17) is 4.42 Å². The maximum absolute atomic E-state index is 12.1. The van der Waals surface area contributed by atoms with Gasteiger partial charge in [0.15, 0.2) is 6.29 Å². The minimum Gasteiger partial charge on any atom is -0.467 e. The number of aryl methyl sites for hydroxylation is 1. The molecule has 26 heavy (non-hydrogen) atoms. The van der Waals surface area contributed by atoms with E-state index in [9.17, 15) is 14.4 Å². The predicted octanol–water partition coefficient (Wildman–Crippen LogP) is -0.00648. The average molecular weight is 360 g/mol. The molecule has 3 heterocycles. The molecule has 0 aliphatic carbocycles. The van der Waals surface area contributed by atoms with Crippen molar-refractivity contribution in [1.82, 2.24) is 25.7 Å². The number of carbonyl (C=O) groups excluding carboxylic acids is 3. The summed E-state index contributed by atoms with van der Waals surface area (Å²) in [4.78, 5) is 35.9. The van der Waals surface area contributed by atoms with Gasteiger partial charge in [-0.2, -0.15) is 5.10 Å². The summed E-state index contributed by atoms with van der Waals surface area (Å²) in [6, 6.07) is 4.95. The lowest BCUT2D eigenvalue weighted by Crippen LogP contribution is -2.52. The maximum Gasteiger partial charge on any atom is 0.314 e. The summed E-state index contributed by atoms with van der Waals surface area (Å²) in [6.45, 7) is 3.73. The van der Waals surface area contributed by atoms with Gasteiger partial charge in [0.05, 0.1) is 18.5 Å². The number of aromatic nitrogens is 2. The fourth-order valence-corrected chi connectivity index (χ4v) is 2.63. The molecule has 1 fully saturated rings. The molecule has 10 heteroatoms. The smallest absolute Gasteiger partial charge is 0.314 e. The van der Waals surface area contributed by atoms with Gasteiger partial charge in [0, 0.05) is 18.5 Å². The molecule has 2 aromatic heterocycles. The van der Waals surface area contributed by atoms with Crippen molar-refractivity contribution >= 4 is 23.5 Å². The van der Waals surface area contributed by atoms with Crippen molar-refractivity contribution in [2.75, 3.05) is 5.32 Å². The quantitative estimate of drug-likeness (QED) is 0.568. The van der Waals surface area contributed by atoms with E-state index >= 15 is 0 Å². The number of furan rings is 1. The van der Waals surface area contributed by atoms with Gasteiger partial charge < -0.3 is 20.4 Å². The SMILES string of the molecule is Cc1cc(NC(=O)C(=O)NCc2ccco2)n(C2NC(=O)CC(C)N2)n1. The Morgan fingerprint density at radius 3 is 2.92 bits per heavy atom. The fraction of sp³-hybridized carbons (Fsp3) is 0.375. The normalized spacial score (nSPS) is 19.7. The van der Waals surface area contributed by atoms with Gasteiger partial charge in [0.2, 0.25) is 5.91 Å². The third kappa shape index (κ3) is 4.09. The Morgan fingerprint density at radius 1 is 1.42 bits per heavy atom. The number of hydrogen-bond acceptors (Lipinski definition) is 6. The molecule has 2 aromatic rings. The number of nitrogens with one attached hydrogen (secondary N) is 4. The minimum atomic E-state index is -0.840. The summed E-state index contributed by atoms with van der Waals surface area (Å²) >= 11 is 0. The molecule has 138 valence electrons. The molecular formula is C16H20N6O4. The van der Waals surface area contributed by atoms with Gasteiger partial charge in [-0.25, -0.2) is 4.68 Å². The van der Waals surface area contributed by atoms with Crippen LogP contribution in [0.15, 0.2) is 28.9 Å². The zero-order valence-electron chi connectivity index (χ0n) is 14.4. The Bertz CT molecular complexity index is 813. The van der Waals surface area contributed by atoms with Gasteiger partial charge in [-0.3, -0.25) is 19.7 Å². The van der Waals surface area contributed by atoms with Crippen LogP contribution in [0, 0.1) is 6.92 Å². The van der Waals surface area contributed by atoms with Crippen LogP contribution in [-0.4, -0.2) is 33.5 Å². The minimum absolute atomic E-state index is 0.0431. The largest absolute Gasteiger partial charge is 0.467 e. The lowest BCUT2D eigenvalue weighted by molar-refractivity contribution is -0.136. The highest BCUT2D eigenvalue weighted by atomic mass is 16.3. The zero-order valence-corrected chi connectivity index (χ0v) is 14.4. The molecule has 1 saturated heterocycles. The Kier molecular flexibility index (Phi) is 5.03. The van der Waals surface area contributed by atoms with E-state index in [2.05, 4.69) is 26.4 Å². The number of carbonyl (C=O) groups is 3. The van der Waals surface area contributed by atoms with Crippen molar-refractivity contribution in [3.63, 3.8) is 0 Å². The van der Waals surface area contributed by atoms with Crippen molar-refractivity contribution in [3.8, 4) is 0 Å². The summed E-state index contributed by atoms with van der Waals surface area (Å²) in [5.41, 5.74) is 0.630. The third-order valence-electron chi connectivity index (χ3n) is 3.79. The Hall–Kier alpha value is -3.14. The van der Waals surface area contributed by atoms with Crippen LogP contribution in [0.25, 0.3) is 0 Å². The van der Waals surface area contributed by atoms with Gasteiger partial charge in [0.1, 0.15) is 11.6 Å².